The Morgan fingerprint density at radius 1 is 0.964 bits per heavy atom. The summed E-state index contributed by atoms with van der Waals surface area (Å²) in [6, 6.07) is 11.6. The number of nitrogens with one attached hydrogen (secondary N) is 1. The maximum atomic E-state index is 13.7. The summed E-state index contributed by atoms with van der Waals surface area (Å²) in [4.78, 5) is 23.9. The number of amides is 1. The molecule has 4 nitrogen and oxygen atoms in total. The molecule has 2 N–H and O–H groups in total. The molecule has 2 aromatic rings. The summed E-state index contributed by atoms with van der Waals surface area (Å²) in [5.41, 5.74) is 1.31. The number of hydrogen-bond acceptors (Lipinski definition) is 2. The lowest BCUT2D eigenvalue weighted by molar-refractivity contribution is -0.144. The van der Waals surface area contributed by atoms with Crippen LogP contribution in [-0.2, 0) is 16.0 Å². The largest absolute Gasteiger partial charge is 0.481 e. The van der Waals surface area contributed by atoms with Crippen molar-refractivity contribution in [2.24, 2.45) is 11.8 Å². The van der Waals surface area contributed by atoms with Crippen LogP contribution in [0.3, 0.4) is 0 Å². The monoisotopic (exact) mass is 387 g/mol. The molecule has 0 saturated heterocycles. The van der Waals surface area contributed by atoms with Gasteiger partial charge in [0.1, 0.15) is 11.6 Å². The van der Waals surface area contributed by atoms with E-state index in [0.717, 1.165) is 0 Å². The summed E-state index contributed by atoms with van der Waals surface area (Å²) in [5, 5.41) is 12.1. The van der Waals surface area contributed by atoms with Crippen molar-refractivity contribution >= 4 is 11.9 Å². The number of carboxylic acid groups (broad SMARTS) is 1. The zero-order valence-electron chi connectivity index (χ0n) is 15.4. The predicted molar refractivity (Wildman–Crippen MR) is 100 cm³/mol. The Morgan fingerprint density at radius 3 is 2.18 bits per heavy atom. The van der Waals surface area contributed by atoms with Gasteiger partial charge in [0.15, 0.2) is 0 Å². The van der Waals surface area contributed by atoms with Gasteiger partial charge in [0.2, 0.25) is 5.91 Å². The van der Waals surface area contributed by atoms with Gasteiger partial charge in [-0.3, -0.25) is 9.59 Å². The first-order valence-electron chi connectivity index (χ1n) is 9.45. The molecule has 0 heterocycles. The van der Waals surface area contributed by atoms with Crippen LogP contribution >= 0.6 is 0 Å². The molecule has 1 amide bonds. The van der Waals surface area contributed by atoms with E-state index in [-0.39, 0.29) is 17.6 Å². The summed E-state index contributed by atoms with van der Waals surface area (Å²) in [6.07, 6.45) is 2.30. The summed E-state index contributed by atoms with van der Waals surface area (Å²) < 4.78 is 27.3. The highest BCUT2D eigenvalue weighted by Gasteiger charge is 2.30. The van der Waals surface area contributed by atoms with Crippen LogP contribution in [0.15, 0.2) is 48.5 Å². The minimum atomic E-state index is -0.817. The first-order valence-corrected chi connectivity index (χ1v) is 9.45. The molecule has 1 unspecified atom stereocenters. The first kappa shape index (κ1) is 20.0. The minimum Gasteiger partial charge on any atom is -0.481 e. The Morgan fingerprint density at radius 2 is 1.57 bits per heavy atom. The Hall–Kier alpha value is -2.76. The fraction of sp³-hybridized carbons (Fsp3) is 0.364. The minimum absolute atomic E-state index is 0.172. The van der Waals surface area contributed by atoms with Crippen LogP contribution in [0.1, 0.15) is 42.9 Å². The lowest BCUT2D eigenvalue weighted by Gasteiger charge is -2.28. The highest BCUT2D eigenvalue weighted by Crippen LogP contribution is 2.30. The van der Waals surface area contributed by atoms with Gasteiger partial charge in [-0.2, -0.15) is 0 Å². The highest BCUT2D eigenvalue weighted by atomic mass is 19.1. The lowest BCUT2D eigenvalue weighted by atomic mass is 9.81. The van der Waals surface area contributed by atoms with Crippen molar-refractivity contribution in [2.45, 2.75) is 38.1 Å². The SMILES string of the molecule is O=C(O)C1CCC(C(=O)NC(Cc2cccc(F)c2)c2cccc(F)c2)CC1. The number of rotatable bonds is 6. The van der Waals surface area contributed by atoms with Gasteiger partial charge in [0.05, 0.1) is 12.0 Å². The third kappa shape index (κ3) is 5.15. The van der Waals surface area contributed by atoms with Crippen LogP contribution in [0.25, 0.3) is 0 Å². The second-order valence-corrected chi connectivity index (χ2v) is 7.34. The number of hydrogen-bond donors (Lipinski definition) is 2. The van der Waals surface area contributed by atoms with E-state index in [2.05, 4.69) is 5.32 Å². The molecule has 1 saturated carbocycles. The Kier molecular flexibility index (Phi) is 6.39. The van der Waals surface area contributed by atoms with Crippen LogP contribution in [-0.4, -0.2) is 17.0 Å². The molecule has 1 aliphatic carbocycles. The van der Waals surface area contributed by atoms with Crippen molar-refractivity contribution in [3.8, 4) is 0 Å². The van der Waals surface area contributed by atoms with Gasteiger partial charge in [-0.1, -0.05) is 24.3 Å². The average Bonchev–Trinajstić information content (AvgIpc) is 2.67. The second-order valence-electron chi connectivity index (χ2n) is 7.34. The van der Waals surface area contributed by atoms with Crippen molar-refractivity contribution < 1.29 is 23.5 Å². The van der Waals surface area contributed by atoms with E-state index < -0.39 is 23.7 Å². The fourth-order valence-electron chi connectivity index (χ4n) is 3.77. The van der Waals surface area contributed by atoms with Gasteiger partial charge < -0.3 is 10.4 Å². The molecule has 0 aliphatic heterocycles. The molecule has 28 heavy (non-hydrogen) atoms. The van der Waals surface area contributed by atoms with Gasteiger partial charge in [-0.05, 0) is 67.5 Å². The molecule has 0 spiro atoms. The molecule has 0 aromatic heterocycles. The van der Waals surface area contributed by atoms with Crippen LogP contribution in [0.4, 0.5) is 8.78 Å². The molecular formula is C22H23F2NO3. The molecule has 1 aliphatic rings. The van der Waals surface area contributed by atoms with E-state index in [9.17, 15) is 18.4 Å². The van der Waals surface area contributed by atoms with Crippen LogP contribution in [0, 0.1) is 23.5 Å². The molecule has 3 rings (SSSR count). The maximum Gasteiger partial charge on any atom is 0.306 e. The van der Waals surface area contributed by atoms with E-state index in [0.29, 0.717) is 43.2 Å². The fourth-order valence-corrected chi connectivity index (χ4v) is 3.77. The van der Waals surface area contributed by atoms with Gasteiger partial charge >= 0.3 is 5.97 Å². The Labute approximate surface area is 162 Å². The summed E-state index contributed by atoms with van der Waals surface area (Å²) in [5.74, 6) is -2.42. The van der Waals surface area contributed by atoms with Crippen molar-refractivity contribution in [3.05, 3.63) is 71.3 Å². The number of carboxylic acids is 1. The van der Waals surface area contributed by atoms with Gasteiger partial charge in [0.25, 0.3) is 0 Å². The quantitative estimate of drug-likeness (QED) is 0.779. The standard InChI is InChI=1S/C22H23F2NO3/c23-18-5-1-3-14(11-18)12-20(17-4-2-6-19(24)13-17)25-21(26)15-7-9-16(10-8-15)22(27)28/h1-6,11,13,15-16,20H,7-10,12H2,(H,25,26)(H,27,28). The Bertz CT molecular complexity index is 847. The van der Waals surface area contributed by atoms with Gasteiger partial charge in [0, 0.05) is 5.92 Å². The van der Waals surface area contributed by atoms with E-state index in [1.807, 2.05) is 0 Å². The van der Waals surface area contributed by atoms with Gasteiger partial charge in [-0.25, -0.2) is 8.78 Å². The summed E-state index contributed by atoms with van der Waals surface area (Å²) in [7, 11) is 0. The molecule has 0 bridgehead atoms. The number of carbonyl (C=O) groups excluding carboxylic acids is 1. The second kappa shape index (κ2) is 8.95. The van der Waals surface area contributed by atoms with E-state index in [4.69, 9.17) is 5.11 Å². The van der Waals surface area contributed by atoms with Crippen molar-refractivity contribution in [1.29, 1.82) is 0 Å². The molecular weight excluding hydrogens is 364 g/mol. The van der Waals surface area contributed by atoms with Crippen molar-refractivity contribution in [2.75, 3.05) is 0 Å². The maximum absolute atomic E-state index is 13.7. The molecule has 148 valence electrons. The number of benzene rings is 2. The first-order chi connectivity index (χ1) is 13.4. The van der Waals surface area contributed by atoms with Gasteiger partial charge in [-0.15, -0.1) is 0 Å². The third-order valence-corrected chi connectivity index (χ3v) is 5.34. The molecule has 1 atom stereocenters. The highest BCUT2D eigenvalue weighted by molar-refractivity contribution is 5.79. The smallest absolute Gasteiger partial charge is 0.306 e. The number of carbonyl (C=O) groups is 2. The summed E-state index contributed by atoms with van der Waals surface area (Å²) >= 11 is 0. The third-order valence-electron chi connectivity index (χ3n) is 5.34. The van der Waals surface area contributed by atoms with Crippen LogP contribution < -0.4 is 5.32 Å². The average molecular weight is 387 g/mol. The number of halogens is 2. The molecule has 6 heteroatoms. The van der Waals surface area contributed by atoms with Crippen molar-refractivity contribution in [1.82, 2.24) is 5.32 Å². The topological polar surface area (TPSA) is 66.4 Å². The van der Waals surface area contributed by atoms with Crippen LogP contribution in [0.5, 0.6) is 0 Å². The molecule has 1 fully saturated rings. The molecule has 0 radical (unpaired) electrons. The lowest BCUT2D eigenvalue weighted by Crippen LogP contribution is -2.37. The zero-order chi connectivity index (χ0) is 20.1. The van der Waals surface area contributed by atoms with E-state index in [1.54, 1.807) is 24.3 Å². The number of aliphatic carboxylic acids is 1. The predicted octanol–water partition coefficient (Wildman–Crippen LogP) is 4.26. The van der Waals surface area contributed by atoms with E-state index >= 15 is 0 Å². The Balaban J connectivity index is 1.73. The molecule has 2 aromatic carbocycles. The summed E-state index contributed by atoms with van der Waals surface area (Å²) in [6.45, 7) is 0. The normalized spacial score (nSPS) is 20.4. The van der Waals surface area contributed by atoms with E-state index in [1.165, 1.54) is 24.3 Å². The van der Waals surface area contributed by atoms with Crippen LogP contribution in [0.2, 0.25) is 0 Å². The zero-order valence-corrected chi connectivity index (χ0v) is 15.4. The van der Waals surface area contributed by atoms with Crippen molar-refractivity contribution in [3.63, 3.8) is 0 Å².